The van der Waals surface area contributed by atoms with Crippen molar-refractivity contribution in [2.45, 2.75) is 335 Å². The Labute approximate surface area is 669 Å². The minimum atomic E-state index is -2.56. The molecule has 31 N–H and O–H groups in total. The fourth-order valence-corrected chi connectivity index (χ4v) is 15.0. The Balaban J connectivity index is 1.06. The summed E-state index contributed by atoms with van der Waals surface area (Å²) in [5.74, 6) is -2.98. The summed E-state index contributed by atoms with van der Waals surface area (Å²) in [6.45, 7) is -5.35. The van der Waals surface area contributed by atoms with Gasteiger partial charge in [0.05, 0.1) is 71.7 Å². The van der Waals surface area contributed by atoms with Crippen LogP contribution in [0.3, 0.4) is 0 Å². The van der Waals surface area contributed by atoms with Crippen molar-refractivity contribution in [3.8, 4) is 0 Å². The average Bonchev–Trinajstić information content (AvgIpc) is 0.766. The lowest BCUT2D eigenvalue weighted by molar-refractivity contribution is -0.392. The van der Waals surface area contributed by atoms with Crippen molar-refractivity contribution in [1.82, 2.24) is 16.0 Å². The second kappa shape index (κ2) is 43.2. The number of hydrogen-bond acceptors (Lipinski definition) is 49. The van der Waals surface area contributed by atoms with Crippen LogP contribution in [-0.2, 0) is 99.6 Å². The molecule has 686 valence electrons. The third kappa shape index (κ3) is 21.8. The molecule has 0 unspecified atom stereocenters. The van der Waals surface area contributed by atoms with Crippen molar-refractivity contribution in [2.75, 3.05) is 59.5 Å². The minimum absolute atomic E-state index is 0.902. The zero-order valence-corrected chi connectivity index (χ0v) is 63.7. The van der Waals surface area contributed by atoms with Gasteiger partial charge in [0.1, 0.15) is 232 Å². The third-order valence-electron chi connectivity index (χ3n) is 21.6. The lowest BCUT2D eigenvalue weighted by Crippen LogP contribution is -2.71. The van der Waals surface area contributed by atoms with Crippen LogP contribution >= 0.6 is 0 Å². The van der Waals surface area contributed by atoms with E-state index in [2.05, 4.69) is 16.0 Å². The Morgan fingerprint density at radius 2 is 0.593 bits per heavy atom. The van der Waals surface area contributed by atoms with Crippen molar-refractivity contribution in [3.63, 3.8) is 0 Å². The zero-order chi connectivity index (χ0) is 87.2. The number of aliphatic hydroxyl groups excluding tert-OH is 28. The highest BCUT2D eigenvalue weighted by Gasteiger charge is 2.62. The second-order valence-electron chi connectivity index (χ2n) is 30.0. The van der Waals surface area contributed by atoms with Crippen molar-refractivity contribution in [1.29, 1.82) is 0 Å². The molecule has 0 aromatic heterocycles. The minimum Gasteiger partial charge on any atom is -0.394 e. The molecule has 9 aliphatic rings. The van der Waals surface area contributed by atoms with Crippen LogP contribution in [0.25, 0.3) is 0 Å². The molecule has 9 rings (SSSR count). The van der Waals surface area contributed by atoms with Crippen LogP contribution in [0.15, 0.2) is 0 Å². The van der Waals surface area contributed by atoms with Gasteiger partial charge >= 0.3 is 0 Å². The maximum absolute atomic E-state index is 13.6. The monoisotopic (exact) mass is 1730 g/mol. The van der Waals surface area contributed by atoms with Crippen molar-refractivity contribution in [3.05, 3.63) is 0 Å². The zero-order valence-electron chi connectivity index (χ0n) is 63.7. The summed E-state index contributed by atoms with van der Waals surface area (Å²) >= 11 is 0. The van der Waals surface area contributed by atoms with Crippen LogP contribution in [-0.4, -0.2) is 521 Å². The number of carbonyl (C=O) groups is 3. The molecule has 9 saturated heterocycles. The third-order valence-corrected chi connectivity index (χ3v) is 21.6. The van der Waals surface area contributed by atoms with Gasteiger partial charge in [-0.1, -0.05) is 0 Å². The van der Waals surface area contributed by atoms with E-state index in [0.29, 0.717) is 0 Å². The van der Waals surface area contributed by atoms with E-state index in [9.17, 15) is 157 Å². The van der Waals surface area contributed by atoms with Crippen LogP contribution in [0.2, 0.25) is 0 Å². The Bertz CT molecular complexity index is 3090. The predicted molar refractivity (Wildman–Crippen MR) is 364 cm³/mol. The Morgan fingerprint density at radius 1 is 0.288 bits per heavy atom. The van der Waals surface area contributed by atoms with E-state index in [4.69, 9.17) is 85.3 Å². The molecule has 0 aromatic rings. The van der Waals surface area contributed by atoms with E-state index < -0.39 is 378 Å². The van der Waals surface area contributed by atoms with Crippen molar-refractivity contribution >= 4 is 17.7 Å². The molecule has 52 nitrogen and oxygen atoms in total. The summed E-state index contributed by atoms with van der Waals surface area (Å²) in [5.41, 5.74) is 0. The van der Waals surface area contributed by atoms with Gasteiger partial charge in [0.15, 0.2) is 56.6 Å². The smallest absolute Gasteiger partial charge is 0.217 e. The average molecular weight is 1730 g/mol. The van der Waals surface area contributed by atoms with Gasteiger partial charge in [-0.3, -0.25) is 14.4 Å². The number of ether oxygens (including phenoxy) is 18. The van der Waals surface area contributed by atoms with Gasteiger partial charge in [0.25, 0.3) is 0 Å². The number of rotatable bonds is 33. The summed E-state index contributed by atoms with van der Waals surface area (Å²) in [6.07, 6.45) is -96.4. The molecule has 49 atom stereocenters. The standard InChI is InChI=1S/C66H113N3O49/c1-15-32(83)41(92)45(96)61(102-15)115-54-31(69-19(5)80)58(109-27(13-77)51(54)112-64-48(99)55(39(90)26(12-76)107-64)116-59-29(67-17(3)78)52(37(88)24(10-74)104-59)113-63-47(98)43(94)35(86)22(8-72)106-63)101-14-28-40(91)56(49(100)65(110-28)111-50(21(82)7-71)34(85)20(81)6-70)117-60-30(68-18(4)79)53(38(89)25(11-75)105-60)114-66-57(44(95)36(87)23(9-73)108-66)118-62-46(97)42(93)33(84)16(2)103-62/h15-16,20-66,70-77,81-100H,6-14H2,1-5H3,(H,67,78)(H,68,79)(H,69,80)/t15-,16-,20-,21+,22+,23+,24+,25+,26+,27+,28+,29+,30+,31+,32+,33+,34+,35-,36-,37+,38+,39-,40-,41+,42+,43-,44-,45-,46-,47+,48+,49+,50+,51+,52+,53+,54+,55-,56-,57+,58+,59-,60-,61-,62-,63-,64-,65-,66-/m0/s1. The summed E-state index contributed by atoms with van der Waals surface area (Å²) in [5, 5.41) is 316. The first kappa shape index (κ1) is 98.4. The van der Waals surface area contributed by atoms with Crippen molar-refractivity contribution < 1.29 is 243 Å². The van der Waals surface area contributed by atoms with E-state index in [1.54, 1.807) is 0 Å². The lowest BCUT2D eigenvalue weighted by Gasteiger charge is -2.51. The topological polar surface area (TPSA) is 820 Å². The first-order valence-corrected chi connectivity index (χ1v) is 37.8. The van der Waals surface area contributed by atoms with Crippen molar-refractivity contribution in [2.24, 2.45) is 0 Å². The van der Waals surface area contributed by atoms with E-state index in [1.165, 1.54) is 13.8 Å². The Kier molecular flexibility index (Phi) is 36.0. The summed E-state index contributed by atoms with van der Waals surface area (Å²) in [7, 11) is 0. The number of carbonyl (C=O) groups excluding carboxylic acids is 3. The quantitative estimate of drug-likeness (QED) is 0.0290. The molecule has 0 aliphatic carbocycles. The Morgan fingerprint density at radius 3 is 1.03 bits per heavy atom. The molecule has 118 heavy (non-hydrogen) atoms. The molecule has 9 fully saturated rings. The highest BCUT2D eigenvalue weighted by Crippen LogP contribution is 2.41. The van der Waals surface area contributed by atoms with Gasteiger partial charge in [0.2, 0.25) is 17.7 Å². The maximum Gasteiger partial charge on any atom is 0.217 e. The van der Waals surface area contributed by atoms with Gasteiger partial charge in [-0.05, 0) is 13.8 Å². The summed E-state index contributed by atoms with van der Waals surface area (Å²) < 4.78 is 108. The first-order chi connectivity index (χ1) is 55.7. The van der Waals surface area contributed by atoms with E-state index in [0.717, 1.165) is 20.8 Å². The molecule has 9 aliphatic heterocycles. The van der Waals surface area contributed by atoms with Crippen LogP contribution in [0.5, 0.6) is 0 Å². The molecular formula is C66H113N3O49. The molecular weight excluding hydrogens is 1620 g/mol. The largest absolute Gasteiger partial charge is 0.394 e. The van der Waals surface area contributed by atoms with Crippen LogP contribution < -0.4 is 16.0 Å². The lowest BCUT2D eigenvalue weighted by atomic mass is 9.93. The van der Waals surface area contributed by atoms with Gasteiger partial charge in [-0.25, -0.2) is 0 Å². The Hall–Kier alpha value is -3.43. The summed E-state index contributed by atoms with van der Waals surface area (Å²) in [4.78, 5) is 39.9. The predicted octanol–water partition coefficient (Wildman–Crippen LogP) is -20.7. The van der Waals surface area contributed by atoms with Gasteiger partial charge in [0, 0.05) is 20.8 Å². The van der Waals surface area contributed by atoms with E-state index in [-0.39, 0.29) is 0 Å². The van der Waals surface area contributed by atoms with E-state index in [1.807, 2.05) is 0 Å². The molecule has 0 radical (unpaired) electrons. The van der Waals surface area contributed by atoms with Crippen LogP contribution in [0.1, 0.15) is 34.6 Å². The number of hydrogen-bond donors (Lipinski definition) is 31. The normalized spacial score (nSPS) is 48.2. The molecule has 0 saturated carbocycles. The van der Waals surface area contributed by atoms with Crippen LogP contribution in [0.4, 0.5) is 0 Å². The molecule has 52 heteroatoms. The van der Waals surface area contributed by atoms with Gasteiger partial charge < -0.3 is 244 Å². The highest BCUT2D eigenvalue weighted by atomic mass is 16.8. The van der Waals surface area contributed by atoms with Gasteiger partial charge in [-0.15, -0.1) is 0 Å². The second-order valence-corrected chi connectivity index (χ2v) is 30.0. The fourth-order valence-electron chi connectivity index (χ4n) is 15.0. The molecule has 0 aromatic carbocycles. The van der Waals surface area contributed by atoms with E-state index >= 15 is 0 Å². The SMILES string of the molecule is CC(=O)N[C@H]1[C@H](OC[C@H]2O[C@@H](O[C@@H]([C@H](O)[C@@H](O)CO)[C@H](O)CO)[C@H](O)[C@@H](O[C@@H]3O[C@H](CO)[C@@H](O)[C@H](O[C@@H]4O[C@H](CO)[C@H](O)[C@H](O)[C@H]4O[C@@H]4O[C@@H](C)[C@@H](O)[C@@H](O)[C@@H]4O)[C@H]3NC(C)=O)[C@H]2O)O[C@H](CO)[C@@H](O[C@@H]2O[C@H](CO)[C@H](O)[C@H](O[C@@H]3O[C@H](CO)[C@@H](O)[C@H](O[C@@H]4O[C@H](CO)[C@H](O)[C@H](O)[C@H]4O)[C@H]3NC(C)=O)[C@H]2O)[C@@H]1O[C@@H]1O[C@@H](C)[C@@H](O)[C@@H](O)[C@@H]1O. The van der Waals surface area contributed by atoms with Crippen LogP contribution in [0, 0.1) is 0 Å². The number of aliphatic hydroxyl groups is 28. The molecule has 0 spiro atoms. The molecule has 3 amide bonds. The fraction of sp³-hybridized carbons (Fsp3) is 0.955. The number of amides is 3. The number of nitrogens with one attached hydrogen (secondary N) is 3. The maximum atomic E-state index is 13.6. The highest BCUT2D eigenvalue weighted by molar-refractivity contribution is 5.74. The first-order valence-electron chi connectivity index (χ1n) is 37.8. The molecule has 0 bridgehead atoms. The molecule has 9 heterocycles. The summed E-state index contributed by atoms with van der Waals surface area (Å²) in [6, 6.07) is -5.97. The van der Waals surface area contributed by atoms with Gasteiger partial charge in [-0.2, -0.15) is 0 Å².